The molecule has 0 bridgehead atoms. The number of aromatic nitrogens is 4. The highest BCUT2D eigenvalue weighted by Crippen LogP contribution is 2.11. The zero-order valence-electron chi connectivity index (χ0n) is 11.5. The maximum absolute atomic E-state index is 12.1. The van der Waals surface area contributed by atoms with Crippen molar-refractivity contribution in [1.82, 2.24) is 24.5 Å². The third-order valence-electron chi connectivity index (χ3n) is 3.51. The minimum absolute atomic E-state index is 0.132. The number of amides is 1. The van der Waals surface area contributed by atoms with Crippen molar-refractivity contribution in [3.05, 3.63) is 18.1 Å². The fourth-order valence-corrected chi connectivity index (χ4v) is 2.48. The summed E-state index contributed by atoms with van der Waals surface area (Å²) < 4.78 is 1.61. The van der Waals surface area contributed by atoms with Crippen molar-refractivity contribution in [1.29, 1.82) is 0 Å². The van der Waals surface area contributed by atoms with Gasteiger partial charge in [-0.25, -0.2) is 4.98 Å². The van der Waals surface area contributed by atoms with E-state index in [0.717, 1.165) is 37.4 Å². The molecule has 106 valence electrons. The SMILES string of the molecule is Cc1cc(NCC(=O)N2CCCCC2)n2ncnc2n1. The first-order valence-corrected chi connectivity index (χ1v) is 6.93. The lowest BCUT2D eigenvalue weighted by atomic mass is 10.1. The number of likely N-dealkylation sites (tertiary alicyclic amines) is 1. The lowest BCUT2D eigenvalue weighted by Crippen LogP contribution is -2.39. The van der Waals surface area contributed by atoms with Crippen LogP contribution in [0.15, 0.2) is 12.4 Å². The summed E-state index contributed by atoms with van der Waals surface area (Å²) in [5.41, 5.74) is 0.846. The average molecular weight is 274 g/mol. The molecule has 1 fully saturated rings. The van der Waals surface area contributed by atoms with Gasteiger partial charge in [-0.3, -0.25) is 4.79 Å². The number of fused-ring (bicyclic) bond motifs is 1. The molecule has 3 heterocycles. The van der Waals surface area contributed by atoms with Crippen LogP contribution in [0.3, 0.4) is 0 Å². The number of nitrogens with zero attached hydrogens (tertiary/aromatic N) is 5. The van der Waals surface area contributed by atoms with Gasteiger partial charge in [0.1, 0.15) is 12.1 Å². The van der Waals surface area contributed by atoms with Crippen LogP contribution in [-0.2, 0) is 4.79 Å². The second-order valence-corrected chi connectivity index (χ2v) is 5.05. The third kappa shape index (κ3) is 2.56. The molecule has 7 heteroatoms. The zero-order chi connectivity index (χ0) is 13.9. The van der Waals surface area contributed by atoms with E-state index in [-0.39, 0.29) is 12.5 Å². The van der Waals surface area contributed by atoms with Crippen molar-refractivity contribution in [3.8, 4) is 0 Å². The van der Waals surface area contributed by atoms with Crippen molar-refractivity contribution >= 4 is 17.5 Å². The fourth-order valence-electron chi connectivity index (χ4n) is 2.48. The predicted molar refractivity (Wildman–Crippen MR) is 74.4 cm³/mol. The monoisotopic (exact) mass is 274 g/mol. The lowest BCUT2D eigenvalue weighted by Gasteiger charge is -2.26. The lowest BCUT2D eigenvalue weighted by molar-refractivity contribution is -0.130. The molecule has 3 rings (SSSR count). The minimum atomic E-state index is 0.132. The third-order valence-corrected chi connectivity index (χ3v) is 3.51. The first kappa shape index (κ1) is 12.8. The number of nitrogens with one attached hydrogen (secondary N) is 1. The molecule has 0 radical (unpaired) electrons. The first-order chi connectivity index (χ1) is 9.74. The van der Waals surface area contributed by atoms with Gasteiger partial charge in [0.2, 0.25) is 5.91 Å². The van der Waals surface area contributed by atoms with Gasteiger partial charge in [-0.1, -0.05) is 0 Å². The number of hydrogen-bond donors (Lipinski definition) is 1. The molecular weight excluding hydrogens is 256 g/mol. The Hall–Kier alpha value is -2.18. The standard InChI is InChI=1S/C13H18N6O/c1-10-7-11(19-13(17-10)15-9-16-19)14-8-12(20)18-5-3-2-4-6-18/h7,9,14H,2-6,8H2,1H3. The maximum atomic E-state index is 12.1. The Bertz CT molecular complexity index is 616. The summed E-state index contributed by atoms with van der Waals surface area (Å²) in [6.45, 7) is 3.91. The van der Waals surface area contributed by atoms with Crippen LogP contribution >= 0.6 is 0 Å². The van der Waals surface area contributed by atoms with Gasteiger partial charge >= 0.3 is 0 Å². The van der Waals surface area contributed by atoms with Crippen LogP contribution in [0.25, 0.3) is 5.78 Å². The second kappa shape index (κ2) is 5.44. The summed E-state index contributed by atoms with van der Waals surface area (Å²) in [4.78, 5) is 22.4. The largest absolute Gasteiger partial charge is 0.361 e. The molecule has 0 saturated carbocycles. The van der Waals surface area contributed by atoms with Crippen LogP contribution in [0, 0.1) is 6.92 Å². The molecule has 20 heavy (non-hydrogen) atoms. The summed E-state index contributed by atoms with van der Waals surface area (Å²) in [5, 5.41) is 7.25. The van der Waals surface area contributed by atoms with Gasteiger partial charge in [-0.05, 0) is 26.2 Å². The van der Waals surface area contributed by atoms with E-state index in [9.17, 15) is 4.79 Å². The van der Waals surface area contributed by atoms with Crippen molar-refractivity contribution in [2.75, 3.05) is 25.0 Å². The number of carbonyl (C=O) groups is 1. The molecule has 0 aromatic carbocycles. The van der Waals surface area contributed by atoms with Crippen LogP contribution in [-0.4, -0.2) is 50.0 Å². The molecule has 1 aliphatic rings. The highest BCUT2D eigenvalue weighted by atomic mass is 16.2. The highest BCUT2D eigenvalue weighted by Gasteiger charge is 2.16. The summed E-state index contributed by atoms with van der Waals surface area (Å²) >= 11 is 0. The van der Waals surface area contributed by atoms with Crippen molar-refractivity contribution in [2.45, 2.75) is 26.2 Å². The molecule has 0 aliphatic carbocycles. The number of hydrogen-bond acceptors (Lipinski definition) is 5. The number of anilines is 1. The molecule has 1 amide bonds. The Morgan fingerprint density at radius 1 is 1.35 bits per heavy atom. The zero-order valence-corrected chi connectivity index (χ0v) is 11.5. The molecule has 1 aliphatic heterocycles. The molecule has 0 atom stereocenters. The molecule has 0 unspecified atom stereocenters. The van der Waals surface area contributed by atoms with Crippen LogP contribution in [0.1, 0.15) is 25.0 Å². The van der Waals surface area contributed by atoms with Crippen molar-refractivity contribution < 1.29 is 4.79 Å². The van der Waals surface area contributed by atoms with Gasteiger partial charge in [0, 0.05) is 24.8 Å². The number of piperidine rings is 1. The Labute approximate surface area is 117 Å². The normalized spacial score (nSPS) is 15.6. The Morgan fingerprint density at radius 3 is 2.95 bits per heavy atom. The number of carbonyl (C=O) groups excluding carboxylic acids is 1. The van der Waals surface area contributed by atoms with E-state index in [0.29, 0.717) is 5.78 Å². The van der Waals surface area contributed by atoms with E-state index >= 15 is 0 Å². The Kier molecular flexibility index (Phi) is 3.49. The van der Waals surface area contributed by atoms with Crippen LogP contribution in [0.4, 0.5) is 5.82 Å². The smallest absolute Gasteiger partial charge is 0.254 e. The van der Waals surface area contributed by atoms with E-state index in [1.807, 2.05) is 17.9 Å². The molecule has 1 N–H and O–H groups in total. The van der Waals surface area contributed by atoms with E-state index in [1.165, 1.54) is 12.7 Å². The average Bonchev–Trinajstić information content (AvgIpc) is 2.93. The topological polar surface area (TPSA) is 75.4 Å². The first-order valence-electron chi connectivity index (χ1n) is 6.93. The predicted octanol–water partition coefficient (Wildman–Crippen LogP) is 0.857. The quantitative estimate of drug-likeness (QED) is 0.898. The van der Waals surface area contributed by atoms with Gasteiger partial charge in [-0.2, -0.15) is 14.6 Å². The summed E-state index contributed by atoms with van der Waals surface area (Å²) in [7, 11) is 0. The maximum Gasteiger partial charge on any atom is 0.254 e. The number of aryl methyl sites for hydroxylation is 1. The summed E-state index contributed by atoms with van der Waals surface area (Å²) in [6.07, 6.45) is 4.89. The minimum Gasteiger partial charge on any atom is -0.361 e. The molecule has 1 saturated heterocycles. The van der Waals surface area contributed by atoms with E-state index in [2.05, 4.69) is 20.4 Å². The van der Waals surface area contributed by atoms with E-state index in [4.69, 9.17) is 0 Å². The van der Waals surface area contributed by atoms with Crippen LogP contribution < -0.4 is 5.32 Å². The van der Waals surface area contributed by atoms with E-state index in [1.54, 1.807) is 4.52 Å². The van der Waals surface area contributed by atoms with Crippen molar-refractivity contribution in [2.24, 2.45) is 0 Å². The van der Waals surface area contributed by atoms with Gasteiger partial charge in [0.25, 0.3) is 5.78 Å². The molecule has 7 nitrogen and oxygen atoms in total. The molecule has 2 aromatic heterocycles. The fraction of sp³-hybridized carbons (Fsp3) is 0.538. The highest BCUT2D eigenvalue weighted by molar-refractivity contribution is 5.80. The van der Waals surface area contributed by atoms with Gasteiger partial charge in [-0.15, -0.1) is 0 Å². The number of rotatable bonds is 3. The van der Waals surface area contributed by atoms with E-state index < -0.39 is 0 Å². The van der Waals surface area contributed by atoms with Crippen molar-refractivity contribution in [3.63, 3.8) is 0 Å². The molecule has 2 aromatic rings. The Balaban J connectivity index is 1.70. The summed E-state index contributed by atoms with van der Waals surface area (Å²) in [5.74, 6) is 1.42. The van der Waals surface area contributed by atoms with Crippen LogP contribution in [0.5, 0.6) is 0 Å². The molecule has 0 spiro atoms. The molecular formula is C13H18N6O. The van der Waals surface area contributed by atoms with Gasteiger partial charge in [0.15, 0.2) is 0 Å². The van der Waals surface area contributed by atoms with Gasteiger partial charge < -0.3 is 10.2 Å². The Morgan fingerprint density at radius 2 is 2.15 bits per heavy atom. The second-order valence-electron chi connectivity index (χ2n) is 5.05. The van der Waals surface area contributed by atoms with Crippen LogP contribution in [0.2, 0.25) is 0 Å². The summed E-state index contributed by atoms with van der Waals surface area (Å²) in [6, 6.07) is 1.87. The van der Waals surface area contributed by atoms with Gasteiger partial charge in [0.05, 0.1) is 6.54 Å².